The van der Waals surface area contributed by atoms with E-state index in [1.165, 1.54) is 17.7 Å². The summed E-state index contributed by atoms with van der Waals surface area (Å²) >= 11 is 1.46. The third-order valence-corrected chi connectivity index (χ3v) is 4.94. The van der Waals surface area contributed by atoms with Gasteiger partial charge in [0.1, 0.15) is 18.0 Å². The van der Waals surface area contributed by atoms with Crippen molar-refractivity contribution in [2.75, 3.05) is 0 Å². The Morgan fingerprint density at radius 1 is 1.32 bits per heavy atom. The minimum Gasteiger partial charge on any atom is -0.346 e. The van der Waals surface area contributed by atoms with E-state index in [1.807, 2.05) is 24.5 Å². The maximum Gasteiger partial charge on any atom is 0.141 e. The lowest BCUT2D eigenvalue weighted by atomic mass is 10.1. The zero-order chi connectivity index (χ0) is 17.2. The van der Waals surface area contributed by atoms with E-state index in [2.05, 4.69) is 32.2 Å². The SMILES string of the molecule is N#CCC(c1cc(C#N)cs1)n1cc(-c2ncnc3[nH]ccc23)cn1. The molecule has 8 heteroatoms. The first-order valence-electron chi connectivity index (χ1n) is 7.48. The highest BCUT2D eigenvalue weighted by atomic mass is 32.1. The first-order chi connectivity index (χ1) is 12.3. The Labute approximate surface area is 146 Å². The summed E-state index contributed by atoms with van der Waals surface area (Å²) in [6.07, 6.45) is 7.22. The average molecular weight is 345 g/mol. The van der Waals surface area contributed by atoms with Gasteiger partial charge in [-0.05, 0) is 12.1 Å². The van der Waals surface area contributed by atoms with Crippen LogP contribution >= 0.6 is 11.3 Å². The summed E-state index contributed by atoms with van der Waals surface area (Å²) in [5.74, 6) is 0. The predicted octanol–water partition coefficient (Wildman–Crippen LogP) is 3.26. The van der Waals surface area contributed by atoms with Crippen molar-refractivity contribution in [2.45, 2.75) is 12.5 Å². The molecule has 0 fully saturated rings. The standard InChI is InChI=1S/C17H11N7S/c18-3-1-14(15-5-11(6-19)9-25-15)24-8-12(7-23-24)16-13-2-4-20-17(13)22-10-21-16/h2,4-5,7-10,14H,1H2,(H,20,21,22). The fraction of sp³-hybridized carbons (Fsp3) is 0.118. The number of thiophene rings is 1. The van der Waals surface area contributed by atoms with E-state index in [4.69, 9.17) is 5.26 Å². The Bertz CT molecular complexity index is 1120. The van der Waals surface area contributed by atoms with Gasteiger partial charge < -0.3 is 4.98 Å². The molecule has 4 aromatic heterocycles. The van der Waals surface area contributed by atoms with Gasteiger partial charge in [0.05, 0.1) is 36.0 Å². The van der Waals surface area contributed by atoms with Gasteiger partial charge in [-0.2, -0.15) is 15.6 Å². The first-order valence-corrected chi connectivity index (χ1v) is 8.36. The number of nitriles is 2. The van der Waals surface area contributed by atoms with E-state index in [1.54, 1.807) is 16.3 Å². The van der Waals surface area contributed by atoms with Gasteiger partial charge in [0.2, 0.25) is 0 Å². The van der Waals surface area contributed by atoms with Crippen molar-refractivity contribution in [3.8, 4) is 23.4 Å². The summed E-state index contributed by atoms with van der Waals surface area (Å²) < 4.78 is 1.76. The molecule has 0 aliphatic carbocycles. The summed E-state index contributed by atoms with van der Waals surface area (Å²) in [7, 11) is 0. The van der Waals surface area contributed by atoms with Crippen LogP contribution in [-0.4, -0.2) is 24.7 Å². The van der Waals surface area contributed by atoms with Crippen molar-refractivity contribution < 1.29 is 0 Å². The van der Waals surface area contributed by atoms with E-state index < -0.39 is 0 Å². The van der Waals surface area contributed by atoms with Crippen LogP contribution in [0.2, 0.25) is 0 Å². The molecule has 0 aromatic carbocycles. The molecule has 7 nitrogen and oxygen atoms in total. The lowest BCUT2D eigenvalue weighted by molar-refractivity contribution is 0.540. The molecule has 4 rings (SSSR count). The Morgan fingerprint density at radius 2 is 2.24 bits per heavy atom. The maximum atomic E-state index is 9.18. The van der Waals surface area contributed by atoms with Gasteiger partial charge in [-0.3, -0.25) is 4.68 Å². The zero-order valence-corrected chi connectivity index (χ0v) is 13.7. The van der Waals surface area contributed by atoms with E-state index >= 15 is 0 Å². The van der Waals surface area contributed by atoms with Crippen molar-refractivity contribution in [3.63, 3.8) is 0 Å². The molecular formula is C17H11N7S. The topological polar surface area (TPSA) is 107 Å². The second kappa shape index (κ2) is 6.19. The van der Waals surface area contributed by atoms with E-state index in [0.29, 0.717) is 5.56 Å². The van der Waals surface area contributed by atoms with Gasteiger partial charge in [-0.15, -0.1) is 11.3 Å². The molecule has 0 aliphatic heterocycles. The largest absolute Gasteiger partial charge is 0.346 e. The molecule has 0 radical (unpaired) electrons. The second-order valence-corrected chi connectivity index (χ2v) is 6.34. The smallest absolute Gasteiger partial charge is 0.141 e. The molecule has 25 heavy (non-hydrogen) atoms. The monoisotopic (exact) mass is 345 g/mol. The quantitative estimate of drug-likeness (QED) is 0.611. The van der Waals surface area contributed by atoms with Crippen LogP contribution in [0.3, 0.4) is 0 Å². The number of hydrogen-bond donors (Lipinski definition) is 1. The number of nitrogens with one attached hydrogen (secondary N) is 1. The van der Waals surface area contributed by atoms with Gasteiger partial charge >= 0.3 is 0 Å². The molecule has 1 unspecified atom stereocenters. The van der Waals surface area contributed by atoms with E-state index in [9.17, 15) is 5.26 Å². The second-order valence-electron chi connectivity index (χ2n) is 5.40. The number of rotatable bonds is 4. The lowest BCUT2D eigenvalue weighted by Crippen LogP contribution is -2.09. The first kappa shape index (κ1) is 15.1. The number of aromatic amines is 1. The molecular weight excluding hydrogens is 334 g/mol. The molecule has 0 saturated heterocycles. The Kier molecular flexibility index (Phi) is 3.73. The summed E-state index contributed by atoms with van der Waals surface area (Å²) in [6, 6.07) is 7.83. The fourth-order valence-corrected chi connectivity index (χ4v) is 3.66. The fourth-order valence-electron chi connectivity index (χ4n) is 2.73. The Morgan fingerprint density at radius 3 is 3.04 bits per heavy atom. The van der Waals surface area contributed by atoms with Crippen LogP contribution in [0.25, 0.3) is 22.3 Å². The van der Waals surface area contributed by atoms with Crippen molar-refractivity contribution in [1.82, 2.24) is 24.7 Å². The molecule has 1 atom stereocenters. The lowest BCUT2D eigenvalue weighted by Gasteiger charge is -2.12. The van der Waals surface area contributed by atoms with Gasteiger partial charge in [0.25, 0.3) is 0 Å². The minimum atomic E-state index is -0.227. The van der Waals surface area contributed by atoms with Crippen LogP contribution in [0, 0.1) is 22.7 Å². The molecule has 0 bridgehead atoms. The zero-order valence-electron chi connectivity index (χ0n) is 12.9. The van der Waals surface area contributed by atoms with Crippen molar-refractivity contribution >= 4 is 22.4 Å². The molecule has 0 saturated carbocycles. The van der Waals surface area contributed by atoms with Crippen LogP contribution in [0.4, 0.5) is 0 Å². The predicted molar refractivity (Wildman–Crippen MR) is 92.5 cm³/mol. The summed E-state index contributed by atoms with van der Waals surface area (Å²) in [5.41, 5.74) is 3.01. The summed E-state index contributed by atoms with van der Waals surface area (Å²) in [5, 5.41) is 25.3. The Hall–Kier alpha value is -3.49. The van der Waals surface area contributed by atoms with E-state index in [0.717, 1.165) is 27.2 Å². The summed E-state index contributed by atoms with van der Waals surface area (Å²) in [6.45, 7) is 0. The molecule has 120 valence electrons. The van der Waals surface area contributed by atoms with Crippen LogP contribution in [0.5, 0.6) is 0 Å². The third kappa shape index (κ3) is 2.65. The van der Waals surface area contributed by atoms with E-state index in [-0.39, 0.29) is 12.5 Å². The molecule has 0 aliphatic rings. The van der Waals surface area contributed by atoms with Gasteiger partial charge in [-0.1, -0.05) is 0 Å². The third-order valence-electron chi connectivity index (χ3n) is 3.91. The number of H-pyrrole nitrogens is 1. The number of hydrogen-bond acceptors (Lipinski definition) is 6. The molecule has 4 heterocycles. The number of fused-ring (bicyclic) bond motifs is 1. The van der Waals surface area contributed by atoms with Gasteiger partial charge in [0, 0.05) is 33.6 Å². The number of aromatic nitrogens is 5. The van der Waals surface area contributed by atoms with Crippen molar-refractivity contribution in [2.24, 2.45) is 0 Å². The van der Waals surface area contributed by atoms with Crippen LogP contribution in [0.1, 0.15) is 22.9 Å². The van der Waals surface area contributed by atoms with Gasteiger partial charge in [-0.25, -0.2) is 9.97 Å². The van der Waals surface area contributed by atoms with Crippen LogP contribution in [-0.2, 0) is 0 Å². The van der Waals surface area contributed by atoms with Crippen molar-refractivity contribution in [1.29, 1.82) is 10.5 Å². The summed E-state index contributed by atoms with van der Waals surface area (Å²) in [4.78, 5) is 12.6. The normalized spacial score (nSPS) is 11.9. The van der Waals surface area contributed by atoms with Crippen molar-refractivity contribution in [3.05, 3.63) is 52.9 Å². The Balaban J connectivity index is 1.75. The molecule has 1 N–H and O–H groups in total. The highest BCUT2D eigenvalue weighted by Crippen LogP contribution is 2.30. The highest BCUT2D eigenvalue weighted by molar-refractivity contribution is 7.10. The molecule has 4 aromatic rings. The maximum absolute atomic E-state index is 9.18. The van der Waals surface area contributed by atoms with Gasteiger partial charge in [0.15, 0.2) is 0 Å². The average Bonchev–Trinajstić information content (AvgIpc) is 3.39. The molecule has 0 spiro atoms. The molecule has 0 amide bonds. The minimum absolute atomic E-state index is 0.227. The number of nitrogens with zero attached hydrogens (tertiary/aromatic N) is 6. The van der Waals surface area contributed by atoms with Crippen LogP contribution in [0.15, 0.2) is 42.4 Å². The highest BCUT2D eigenvalue weighted by Gasteiger charge is 2.18. The van der Waals surface area contributed by atoms with Crippen LogP contribution < -0.4 is 0 Å².